The van der Waals surface area contributed by atoms with Crippen LogP contribution < -0.4 is 0 Å². The molecule has 0 saturated heterocycles. The van der Waals surface area contributed by atoms with E-state index in [0.29, 0.717) is 11.8 Å². The fourth-order valence-corrected chi connectivity index (χ4v) is 4.32. The average Bonchev–Trinajstić information content (AvgIpc) is 2.54. The molecule has 3 unspecified atom stereocenters. The Hall–Kier alpha value is -0.120. The van der Waals surface area contributed by atoms with Crippen LogP contribution in [-0.2, 0) is 0 Å². The van der Waals surface area contributed by atoms with Gasteiger partial charge in [0, 0.05) is 11.5 Å². The Morgan fingerprint density at radius 2 is 1.58 bits per heavy atom. The van der Waals surface area contributed by atoms with Gasteiger partial charge in [-0.2, -0.15) is 0 Å². The van der Waals surface area contributed by atoms with Gasteiger partial charge in [0.25, 0.3) is 0 Å². The van der Waals surface area contributed by atoms with Crippen molar-refractivity contribution < 1.29 is 10.2 Å². The largest absolute Gasteiger partial charge is 0.392 e. The minimum Gasteiger partial charge on any atom is -0.392 e. The van der Waals surface area contributed by atoms with E-state index in [9.17, 15) is 10.2 Å². The van der Waals surface area contributed by atoms with Crippen LogP contribution in [0.15, 0.2) is 0 Å². The molecule has 0 heterocycles. The number of rotatable bonds is 1. The third-order valence-corrected chi connectivity index (χ3v) is 5.89. The second-order valence-corrected chi connectivity index (χ2v) is 8.10. The molecule has 2 N–H and O–H groups in total. The summed E-state index contributed by atoms with van der Waals surface area (Å²) in [5.41, 5.74) is 0.105. The first-order valence-electron chi connectivity index (χ1n) is 7.71. The summed E-state index contributed by atoms with van der Waals surface area (Å²) >= 11 is 0. The molecule has 0 aromatic carbocycles. The lowest BCUT2D eigenvalue weighted by molar-refractivity contribution is -0.0751. The van der Waals surface area contributed by atoms with Crippen molar-refractivity contribution in [2.24, 2.45) is 16.7 Å². The quantitative estimate of drug-likeness (QED) is 0.767. The molecule has 2 fully saturated rings. The van der Waals surface area contributed by atoms with Crippen molar-refractivity contribution in [3.05, 3.63) is 0 Å². The van der Waals surface area contributed by atoms with E-state index in [1.54, 1.807) is 0 Å². The first kappa shape index (κ1) is 15.3. The number of nitrogens with zero attached hydrogens (tertiary/aromatic N) is 1. The van der Waals surface area contributed by atoms with Crippen molar-refractivity contribution in [3.8, 4) is 0 Å². The lowest BCUT2D eigenvalue weighted by Gasteiger charge is -2.46. The van der Waals surface area contributed by atoms with Gasteiger partial charge in [0.2, 0.25) is 0 Å². The zero-order chi connectivity index (χ0) is 14.4. The number of aliphatic hydroxyl groups is 2. The lowest BCUT2D eigenvalue weighted by atomic mass is 9.62. The Morgan fingerprint density at radius 3 is 1.95 bits per heavy atom. The van der Waals surface area contributed by atoms with Crippen LogP contribution in [0.2, 0.25) is 0 Å². The van der Waals surface area contributed by atoms with Gasteiger partial charge < -0.3 is 15.1 Å². The van der Waals surface area contributed by atoms with Crippen LogP contribution in [0.3, 0.4) is 0 Å². The second kappa shape index (κ2) is 5.01. The van der Waals surface area contributed by atoms with Gasteiger partial charge in [0.05, 0.1) is 12.2 Å². The van der Waals surface area contributed by atoms with Crippen LogP contribution in [-0.4, -0.2) is 47.5 Å². The summed E-state index contributed by atoms with van der Waals surface area (Å²) in [5.74, 6) is 0.718. The Bertz CT molecular complexity index is 313. The minimum absolute atomic E-state index is 0.112. The Kier molecular flexibility index (Phi) is 4.03. The molecule has 0 amide bonds. The molecule has 0 aromatic heterocycles. The molecule has 0 aliphatic heterocycles. The Labute approximate surface area is 118 Å². The number of likely N-dealkylation sites (N-methyl/N-ethyl adjacent to an activating group) is 1. The highest BCUT2D eigenvalue weighted by atomic mass is 16.3. The third-order valence-electron chi connectivity index (χ3n) is 5.89. The molecule has 2 aliphatic rings. The molecular formula is C16H31NO2. The fraction of sp³-hybridized carbons (Fsp3) is 1.00. The molecule has 1 spiro atoms. The molecule has 3 heteroatoms. The predicted octanol–water partition coefficient (Wildman–Crippen LogP) is 2.26. The zero-order valence-electron chi connectivity index (χ0n) is 13.2. The van der Waals surface area contributed by atoms with E-state index in [-0.39, 0.29) is 23.7 Å². The van der Waals surface area contributed by atoms with E-state index in [4.69, 9.17) is 0 Å². The highest BCUT2D eigenvalue weighted by Gasteiger charge is 2.56. The van der Waals surface area contributed by atoms with Crippen molar-refractivity contribution in [1.82, 2.24) is 4.90 Å². The number of hydrogen-bond donors (Lipinski definition) is 2. The first-order valence-corrected chi connectivity index (χ1v) is 7.71. The van der Waals surface area contributed by atoms with E-state index >= 15 is 0 Å². The van der Waals surface area contributed by atoms with Gasteiger partial charge >= 0.3 is 0 Å². The Morgan fingerprint density at radius 1 is 1.05 bits per heavy atom. The van der Waals surface area contributed by atoms with Crippen LogP contribution in [0, 0.1) is 16.7 Å². The van der Waals surface area contributed by atoms with Crippen LogP contribution in [0.25, 0.3) is 0 Å². The molecule has 3 nitrogen and oxygen atoms in total. The lowest BCUT2D eigenvalue weighted by Crippen LogP contribution is -2.47. The van der Waals surface area contributed by atoms with E-state index in [1.807, 2.05) is 14.1 Å². The van der Waals surface area contributed by atoms with E-state index in [1.165, 1.54) is 0 Å². The van der Waals surface area contributed by atoms with Crippen LogP contribution >= 0.6 is 0 Å². The van der Waals surface area contributed by atoms with Gasteiger partial charge in [-0.15, -0.1) is 0 Å². The van der Waals surface area contributed by atoms with Crippen LogP contribution in [0.5, 0.6) is 0 Å². The molecule has 3 atom stereocenters. The molecule has 0 aromatic rings. The third kappa shape index (κ3) is 2.57. The van der Waals surface area contributed by atoms with E-state index in [2.05, 4.69) is 25.7 Å². The summed E-state index contributed by atoms with van der Waals surface area (Å²) in [4.78, 5) is 2.07. The predicted molar refractivity (Wildman–Crippen MR) is 78.0 cm³/mol. The molecule has 0 radical (unpaired) electrons. The monoisotopic (exact) mass is 269 g/mol. The average molecular weight is 269 g/mol. The summed E-state index contributed by atoms with van der Waals surface area (Å²) in [5, 5.41) is 21.2. The maximum absolute atomic E-state index is 10.7. The topological polar surface area (TPSA) is 43.7 Å². The molecule has 2 rings (SSSR count). The van der Waals surface area contributed by atoms with Crippen LogP contribution in [0.4, 0.5) is 0 Å². The molecule has 112 valence electrons. The highest BCUT2D eigenvalue weighted by molar-refractivity contribution is 5.07. The van der Waals surface area contributed by atoms with E-state index in [0.717, 1.165) is 31.6 Å². The maximum atomic E-state index is 10.7. The van der Waals surface area contributed by atoms with Crippen LogP contribution in [0.1, 0.15) is 52.9 Å². The minimum atomic E-state index is -0.376. The summed E-state index contributed by atoms with van der Waals surface area (Å²) in [6, 6.07) is 0.112. The summed E-state index contributed by atoms with van der Waals surface area (Å²) < 4.78 is 0. The summed E-state index contributed by atoms with van der Waals surface area (Å²) in [6.45, 7) is 6.92. The van der Waals surface area contributed by atoms with Crippen molar-refractivity contribution in [2.45, 2.75) is 71.1 Å². The van der Waals surface area contributed by atoms with Gasteiger partial charge in [0.1, 0.15) is 0 Å². The smallest absolute Gasteiger partial charge is 0.0776 e. The van der Waals surface area contributed by atoms with Gasteiger partial charge in [-0.1, -0.05) is 20.8 Å². The SMILES string of the molecule is CN(C)C1CC(O)C2(CCC(C(C)(C)C)CC2)C1O. The highest BCUT2D eigenvalue weighted by Crippen LogP contribution is 2.53. The van der Waals surface area contributed by atoms with Crippen molar-refractivity contribution in [1.29, 1.82) is 0 Å². The zero-order valence-corrected chi connectivity index (χ0v) is 13.2. The molecule has 2 aliphatic carbocycles. The molecular weight excluding hydrogens is 238 g/mol. The second-order valence-electron chi connectivity index (χ2n) is 8.10. The number of aliphatic hydroxyl groups excluding tert-OH is 2. The summed E-state index contributed by atoms with van der Waals surface area (Å²) in [7, 11) is 4.00. The van der Waals surface area contributed by atoms with Crippen molar-refractivity contribution in [3.63, 3.8) is 0 Å². The van der Waals surface area contributed by atoms with Gasteiger partial charge in [-0.3, -0.25) is 0 Å². The number of hydrogen-bond acceptors (Lipinski definition) is 3. The molecule has 19 heavy (non-hydrogen) atoms. The van der Waals surface area contributed by atoms with Crippen molar-refractivity contribution >= 4 is 0 Å². The normalized spacial score (nSPS) is 44.2. The Balaban J connectivity index is 2.10. The van der Waals surface area contributed by atoms with E-state index < -0.39 is 0 Å². The molecule has 0 bridgehead atoms. The summed E-state index contributed by atoms with van der Waals surface area (Å²) in [6.07, 6.45) is 4.22. The fourth-order valence-electron chi connectivity index (χ4n) is 4.32. The standard InChI is InChI=1S/C16H31NO2/c1-15(2,3)11-6-8-16(9-7-11)13(18)10-12(14(16)19)17(4)5/h11-14,18-19H,6-10H2,1-5H3. The van der Waals surface area contributed by atoms with Gasteiger partial charge in [0.15, 0.2) is 0 Å². The first-order chi connectivity index (χ1) is 8.68. The van der Waals surface area contributed by atoms with Gasteiger partial charge in [-0.25, -0.2) is 0 Å². The molecule has 2 saturated carbocycles. The maximum Gasteiger partial charge on any atom is 0.0776 e. The van der Waals surface area contributed by atoms with Crippen molar-refractivity contribution in [2.75, 3.05) is 14.1 Å². The van der Waals surface area contributed by atoms with Gasteiger partial charge in [-0.05, 0) is 57.5 Å².